The number of nitrogens with one attached hydrogen (secondary N) is 1. The first-order valence-corrected chi connectivity index (χ1v) is 5.84. The Balaban J connectivity index is 2.20. The molecule has 0 aromatic carbocycles. The van der Waals surface area contributed by atoms with Crippen LogP contribution in [0, 0.1) is 5.92 Å². The Bertz CT molecular complexity index is 492. The lowest BCUT2D eigenvalue weighted by molar-refractivity contribution is 0.235. The molecule has 2 rings (SSSR count). The minimum absolute atomic E-state index is 0.196. The lowest BCUT2D eigenvalue weighted by Crippen LogP contribution is -2.11. The van der Waals surface area contributed by atoms with E-state index in [4.69, 9.17) is 10.5 Å². The van der Waals surface area contributed by atoms with Crippen molar-refractivity contribution in [3.05, 3.63) is 6.20 Å². The van der Waals surface area contributed by atoms with Crippen molar-refractivity contribution >= 4 is 17.0 Å². The third kappa shape index (κ3) is 2.46. The average molecular weight is 235 g/mol. The van der Waals surface area contributed by atoms with Crippen molar-refractivity contribution in [3.8, 4) is 5.88 Å². The molecule has 0 fully saturated rings. The molecule has 6 nitrogen and oxygen atoms in total. The molecule has 17 heavy (non-hydrogen) atoms. The summed E-state index contributed by atoms with van der Waals surface area (Å²) in [6, 6.07) is 0. The quantitative estimate of drug-likeness (QED) is 0.824. The van der Waals surface area contributed by atoms with E-state index in [0.717, 1.165) is 18.2 Å². The molecule has 0 unspecified atom stereocenters. The molecule has 2 heterocycles. The van der Waals surface area contributed by atoms with Crippen molar-refractivity contribution in [3.63, 3.8) is 0 Å². The van der Waals surface area contributed by atoms with E-state index in [2.05, 4.69) is 34.0 Å². The van der Waals surface area contributed by atoms with Gasteiger partial charge in [0.1, 0.15) is 5.39 Å². The highest BCUT2D eigenvalue weighted by Gasteiger charge is 2.11. The zero-order valence-corrected chi connectivity index (χ0v) is 10.1. The first-order valence-electron chi connectivity index (χ1n) is 5.84. The van der Waals surface area contributed by atoms with Crippen LogP contribution < -0.4 is 10.5 Å². The van der Waals surface area contributed by atoms with Crippen molar-refractivity contribution in [2.24, 2.45) is 5.92 Å². The van der Waals surface area contributed by atoms with Gasteiger partial charge in [-0.2, -0.15) is 15.1 Å². The molecule has 0 bridgehead atoms. The summed E-state index contributed by atoms with van der Waals surface area (Å²) < 4.78 is 5.71. The number of anilines is 1. The molecule has 92 valence electrons. The van der Waals surface area contributed by atoms with Crippen LogP contribution in [0.5, 0.6) is 5.88 Å². The molecule has 0 aliphatic carbocycles. The van der Waals surface area contributed by atoms with Crippen molar-refractivity contribution < 1.29 is 4.74 Å². The normalized spacial score (nSPS) is 11.2. The Morgan fingerprint density at radius 1 is 1.35 bits per heavy atom. The van der Waals surface area contributed by atoms with Gasteiger partial charge in [0.2, 0.25) is 11.8 Å². The van der Waals surface area contributed by atoms with E-state index >= 15 is 0 Å². The van der Waals surface area contributed by atoms with Crippen LogP contribution in [0.1, 0.15) is 26.7 Å². The molecule has 0 saturated heterocycles. The maximum Gasteiger partial charge on any atom is 0.229 e. The highest BCUT2D eigenvalue weighted by molar-refractivity contribution is 5.80. The van der Waals surface area contributed by atoms with Gasteiger partial charge in [-0.3, -0.25) is 5.10 Å². The Kier molecular flexibility index (Phi) is 3.41. The van der Waals surface area contributed by atoms with Crippen LogP contribution in [-0.4, -0.2) is 26.8 Å². The summed E-state index contributed by atoms with van der Waals surface area (Å²) >= 11 is 0. The Hall–Kier alpha value is -1.85. The maximum atomic E-state index is 5.71. The number of rotatable bonds is 5. The van der Waals surface area contributed by atoms with Gasteiger partial charge < -0.3 is 10.5 Å². The molecule has 2 aromatic heterocycles. The second-order valence-corrected chi connectivity index (χ2v) is 4.01. The zero-order chi connectivity index (χ0) is 12.3. The predicted molar refractivity (Wildman–Crippen MR) is 65.7 cm³/mol. The smallest absolute Gasteiger partial charge is 0.229 e. The van der Waals surface area contributed by atoms with Gasteiger partial charge in [0.25, 0.3) is 0 Å². The van der Waals surface area contributed by atoms with Gasteiger partial charge in [-0.05, 0) is 5.92 Å². The zero-order valence-electron chi connectivity index (χ0n) is 10.1. The number of H-pyrrole nitrogens is 1. The summed E-state index contributed by atoms with van der Waals surface area (Å²) in [6.07, 6.45) is 3.83. The first-order chi connectivity index (χ1) is 8.24. The van der Waals surface area contributed by atoms with Gasteiger partial charge in [0.05, 0.1) is 12.8 Å². The van der Waals surface area contributed by atoms with E-state index in [9.17, 15) is 0 Å². The van der Waals surface area contributed by atoms with E-state index in [1.54, 1.807) is 6.20 Å². The highest BCUT2D eigenvalue weighted by atomic mass is 16.5. The molecule has 0 atom stereocenters. The van der Waals surface area contributed by atoms with Crippen LogP contribution in [0.25, 0.3) is 11.0 Å². The Morgan fingerprint density at radius 2 is 2.12 bits per heavy atom. The molecular formula is C11H17N5O. The fraction of sp³-hybridized carbons (Fsp3) is 0.545. The highest BCUT2D eigenvalue weighted by Crippen LogP contribution is 2.22. The molecule has 0 amide bonds. The number of nitrogens with two attached hydrogens (primary N) is 1. The number of fused-ring (bicyclic) bond motifs is 1. The van der Waals surface area contributed by atoms with Crippen molar-refractivity contribution in [1.82, 2.24) is 20.2 Å². The van der Waals surface area contributed by atoms with E-state index in [1.807, 2.05) is 0 Å². The fourth-order valence-electron chi connectivity index (χ4n) is 1.66. The topological polar surface area (TPSA) is 89.7 Å². The maximum absolute atomic E-state index is 5.71. The third-order valence-corrected chi connectivity index (χ3v) is 2.90. The molecular weight excluding hydrogens is 218 g/mol. The van der Waals surface area contributed by atoms with Crippen LogP contribution in [0.15, 0.2) is 6.20 Å². The minimum Gasteiger partial charge on any atom is -0.477 e. The van der Waals surface area contributed by atoms with Crippen molar-refractivity contribution in [2.75, 3.05) is 12.3 Å². The lowest BCUT2D eigenvalue weighted by Gasteiger charge is -2.13. The summed E-state index contributed by atoms with van der Waals surface area (Å²) in [5, 5.41) is 7.43. The minimum atomic E-state index is 0.196. The van der Waals surface area contributed by atoms with E-state index in [1.165, 1.54) is 0 Å². The molecule has 0 aliphatic rings. The monoisotopic (exact) mass is 235 g/mol. The number of ether oxygens (including phenoxy) is 1. The number of hydrogen-bond acceptors (Lipinski definition) is 5. The van der Waals surface area contributed by atoms with Gasteiger partial charge in [-0.25, -0.2) is 0 Å². The fourth-order valence-corrected chi connectivity index (χ4v) is 1.66. The molecule has 0 spiro atoms. The standard InChI is InChI=1S/C11H17N5O/c1-3-7(4-2)6-17-10-8-5-13-16-9(8)14-11(12)15-10/h5,7H,3-4,6H2,1-2H3,(H3,12,13,14,15,16). The van der Waals surface area contributed by atoms with Gasteiger partial charge in [0, 0.05) is 0 Å². The van der Waals surface area contributed by atoms with Crippen LogP contribution in [0.4, 0.5) is 5.95 Å². The van der Waals surface area contributed by atoms with Crippen LogP contribution >= 0.6 is 0 Å². The van der Waals surface area contributed by atoms with Crippen LogP contribution in [0.3, 0.4) is 0 Å². The number of aromatic nitrogens is 4. The van der Waals surface area contributed by atoms with Crippen molar-refractivity contribution in [2.45, 2.75) is 26.7 Å². The SMILES string of the molecule is CCC(CC)COc1nc(N)nc2[nH]ncc12. The van der Waals surface area contributed by atoms with Crippen molar-refractivity contribution in [1.29, 1.82) is 0 Å². The molecule has 6 heteroatoms. The summed E-state index contributed by atoms with van der Waals surface area (Å²) in [5.41, 5.74) is 6.21. The number of nitrogen functional groups attached to an aromatic ring is 1. The summed E-state index contributed by atoms with van der Waals surface area (Å²) in [7, 11) is 0. The summed E-state index contributed by atoms with van der Waals surface area (Å²) in [5.74, 6) is 1.24. The summed E-state index contributed by atoms with van der Waals surface area (Å²) in [4.78, 5) is 8.13. The van der Waals surface area contributed by atoms with E-state index in [-0.39, 0.29) is 5.95 Å². The molecule has 2 aromatic rings. The van der Waals surface area contributed by atoms with E-state index in [0.29, 0.717) is 24.1 Å². The molecule has 0 saturated carbocycles. The second-order valence-electron chi connectivity index (χ2n) is 4.01. The second kappa shape index (κ2) is 4.99. The van der Waals surface area contributed by atoms with E-state index < -0.39 is 0 Å². The molecule has 0 aliphatic heterocycles. The summed E-state index contributed by atoms with van der Waals surface area (Å²) in [6.45, 7) is 4.95. The largest absolute Gasteiger partial charge is 0.477 e. The lowest BCUT2D eigenvalue weighted by atomic mass is 10.1. The van der Waals surface area contributed by atoms with Gasteiger partial charge in [-0.1, -0.05) is 26.7 Å². The third-order valence-electron chi connectivity index (χ3n) is 2.90. The van der Waals surface area contributed by atoms with Crippen LogP contribution in [0.2, 0.25) is 0 Å². The van der Waals surface area contributed by atoms with Gasteiger partial charge in [0.15, 0.2) is 5.65 Å². The average Bonchev–Trinajstić information content (AvgIpc) is 2.78. The Labute approximate surface area is 99.6 Å². The van der Waals surface area contributed by atoms with Gasteiger partial charge >= 0.3 is 0 Å². The van der Waals surface area contributed by atoms with Gasteiger partial charge in [-0.15, -0.1) is 0 Å². The number of nitrogens with zero attached hydrogens (tertiary/aromatic N) is 3. The molecule has 3 N–H and O–H groups in total. The number of hydrogen-bond donors (Lipinski definition) is 2. The predicted octanol–water partition coefficient (Wildman–Crippen LogP) is 1.75. The Morgan fingerprint density at radius 3 is 2.82 bits per heavy atom. The number of aromatic amines is 1. The first kappa shape index (κ1) is 11.6. The molecule has 0 radical (unpaired) electrons. The van der Waals surface area contributed by atoms with Crippen LogP contribution in [-0.2, 0) is 0 Å².